The molecule has 0 aromatic heterocycles. The molecule has 4 N–H and O–H groups in total. The quantitative estimate of drug-likeness (QED) is 0.540. The molecule has 1 aromatic rings. The van der Waals surface area contributed by atoms with Gasteiger partial charge >= 0.3 is 0 Å². The van der Waals surface area contributed by atoms with E-state index >= 15 is 0 Å². The molecule has 0 heterocycles. The Bertz CT molecular complexity index is 582. The van der Waals surface area contributed by atoms with E-state index in [4.69, 9.17) is 5.14 Å². The highest BCUT2D eigenvalue weighted by atomic mass is 32.2. The van der Waals surface area contributed by atoms with E-state index in [9.17, 15) is 8.42 Å². The molecule has 0 saturated heterocycles. The van der Waals surface area contributed by atoms with E-state index in [0.717, 1.165) is 18.5 Å². The summed E-state index contributed by atoms with van der Waals surface area (Å²) in [7, 11) is -1.97. The van der Waals surface area contributed by atoms with Crippen LogP contribution in [0.1, 0.15) is 25.8 Å². The van der Waals surface area contributed by atoms with Crippen molar-refractivity contribution in [2.45, 2.75) is 31.7 Å². The van der Waals surface area contributed by atoms with Gasteiger partial charge in [-0.2, -0.15) is 0 Å². The monoisotopic (exact) mass is 312 g/mol. The Morgan fingerprint density at radius 1 is 1.33 bits per heavy atom. The summed E-state index contributed by atoms with van der Waals surface area (Å²) in [6, 6.07) is 6.55. The Morgan fingerprint density at radius 3 is 2.62 bits per heavy atom. The van der Waals surface area contributed by atoms with Crippen LogP contribution in [0.4, 0.5) is 0 Å². The van der Waals surface area contributed by atoms with Crippen LogP contribution < -0.4 is 15.8 Å². The number of guanidine groups is 1. The lowest BCUT2D eigenvalue weighted by Gasteiger charge is -2.13. The first-order valence-corrected chi connectivity index (χ1v) is 8.44. The van der Waals surface area contributed by atoms with Gasteiger partial charge in [-0.05, 0) is 30.0 Å². The summed E-state index contributed by atoms with van der Waals surface area (Å²) >= 11 is 0. The van der Waals surface area contributed by atoms with Gasteiger partial charge in [0, 0.05) is 20.1 Å². The molecule has 0 fully saturated rings. The lowest BCUT2D eigenvalue weighted by atomic mass is 10.1. The van der Waals surface area contributed by atoms with E-state index < -0.39 is 10.0 Å². The fraction of sp³-hybridized carbons (Fsp3) is 0.500. The fourth-order valence-electron chi connectivity index (χ4n) is 1.72. The Hall–Kier alpha value is -1.60. The minimum atomic E-state index is -3.67. The number of primary sulfonamides is 1. The molecule has 1 rings (SSSR count). The zero-order valence-corrected chi connectivity index (χ0v) is 13.6. The van der Waals surface area contributed by atoms with Gasteiger partial charge in [-0.25, -0.2) is 13.6 Å². The number of nitrogens with two attached hydrogens (primary N) is 1. The van der Waals surface area contributed by atoms with Crippen LogP contribution in [-0.4, -0.2) is 28.0 Å². The lowest BCUT2D eigenvalue weighted by molar-refractivity contribution is 0.573. The number of benzene rings is 1. The van der Waals surface area contributed by atoms with Crippen molar-refractivity contribution in [3.8, 4) is 0 Å². The van der Waals surface area contributed by atoms with Crippen LogP contribution in [-0.2, 0) is 16.6 Å². The highest BCUT2D eigenvalue weighted by molar-refractivity contribution is 7.89. The third kappa shape index (κ3) is 6.59. The number of rotatable bonds is 6. The second kappa shape index (κ2) is 7.99. The van der Waals surface area contributed by atoms with Gasteiger partial charge in [0.15, 0.2) is 5.96 Å². The third-order valence-electron chi connectivity index (χ3n) is 2.92. The number of nitrogens with one attached hydrogen (secondary N) is 2. The van der Waals surface area contributed by atoms with Crippen molar-refractivity contribution in [1.29, 1.82) is 0 Å². The van der Waals surface area contributed by atoms with Crippen molar-refractivity contribution < 1.29 is 8.42 Å². The van der Waals surface area contributed by atoms with Crippen LogP contribution in [0.5, 0.6) is 0 Å². The third-order valence-corrected chi connectivity index (χ3v) is 3.84. The normalized spacial score (nSPS) is 12.5. The average Bonchev–Trinajstić information content (AvgIpc) is 2.41. The highest BCUT2D eigenvalue weighted by Crippen LogP contribution is 2.09. The van der Waals surface area contributed by atoms with Gasteiger partial charge in [0.25, 0.3) is 0 Å². The molecule has 7 heteroatoms. The molecule has 0 amide bonds. The number of nitrogens with zero attached hydrogens (tertiary/aromatic N) is 1. The molecule has 21 heavy (non-hydrogen) atoms. The Balaban J connectivity index is 2.58. The predicted octanol–water partition coefficient (Wildman–Crippen LogP) is 1.05. The molecule has 0 aliphatic rings. The second-order valence-corrected chi connectivity index (χ2v) is 6.79. The first-order valence-electron chi connectivity index (χ1n) is 6.89. The van der Waals surface area contributed by atoms with E-state index in [1.165, 1.54) is 6.07 Å². The molecule has 0 unspecified atom stereocenters. The fourth-order valence-corrected chi connectivity index (χ4v) is 2.30. The molecule has 0 radical (unpaired) electrons. The summed E-state index contributed by atoms with van der Waals surface area (Å²) in [5.74, 6) is 1.32. The van der Waals surface area contributed by atoms with Gasteiger partial charge in [-0.1, -0.05) is 26.0 Å². The molecule has 0 aliphatic carbocycles. The van der Waals surface area contributed by atoms with Crippen molar-refractivity contribution in [2.75, 3.05) is 13.6 Å². The largest absolute Gasteiger partial charge is 0.356 e. The Morgan fingerprint density at radius 2 is 2.05 bits per heavy atom. The van der Waals surface area contributed by atoms with E-state index in [1.807, 2.05) is 6.07 Å². The van der Waals surface area contributed by atoms with Crippen LogP contribution in [0.2, 0.25) is 0 Å². The van der Waals surface area contributed by atoms with Gasteiger partial charge in [-0.15, -0.1) is 0 Å². The molecule has 0 aliphatic heterocycles. The van der Waals surface area contributed by atoms with Crippen LogP contribution in [0.15, 0.2) is 34.2 Å². The minimum Gasteiger partial charge on any atom is -0.356 e. The zero-order chi connectivity index (χ0) is 15.9. The zero-order valence-electron chi connectivity index (χ0n) is 12.8. The number of hydrogen-bond donors (Lipinski definition) is 3. The van der Waals surface area contributed by atoms with E-state index in [2.05, 4.69) is 29.5 Å². The molecular weight excluding hydrogens is 288 g/mol. The molecule has 0 bridgehead atoms. The van der Waals surface area contributed by atoms with Crippen molar-refractivity contribution in [3.63, 3.8) is 0 Å². The standard InChI is InChI=1S/C14H24N4O2S/c1-11(2)7-8-17-14(16-3)18-10-12-5-4-6-13(9-12)21(15,19)20/h4-6,9,11H,7-8,10H2,1-3H3,(H2,15,19,20)(H2,16,17,18). The summed E-state index contributed by atoms with van der Waals surface area (Å²) < 4.78 is 22.6. The summed E-state index contributed by atoms with van der Waals surface area (Å²) in [5, 5.41) is 11.5. The number of aliphatic imine (C=N–C) groups is 1. The smallest absolute Gasteiger partial charge is 0.238 e. The van der Waals surface area contributed by atoms with Crippen molar-refractivity contribution in [3.05, 3.63) is 29.8 Å². The SMILES string of the molecule is CN=C(NCCC(C)C)NCc1cccc(S(N)(=O)=O)c1. The maximum Gasteiger partial charge on any atom is 0.238 e. The summed E-state index contributed by atoms with van der Waals surface area (Å²) in [5.41, 5.74) is 0.827. The number of sulfonamides is 1. The van der Waals surface area contributed by atoms with Crippen LogP contribution >= 0.6 is 0 Å². The first-order chi connectivity index (χ1) is 9.82. The van der Waals surface area contributed by atoms with Crippen molar-refractivity contribution >= 4 is 16.0 Å². The maximum absolute atomic E-state index is 11.3. The van der Waals surface area contributed by atoms with Crippen LogP contribution in [0, 0.1) is 5.92 Å². The van der Waals surface area contributed by atoms with Crippen molar-refractivity contribution in [1.82, 2.24) is 10.6 Å². The van der Waals surface area contributed by atoms with Crippen LogP contribution in [0.3, 0.4) is 0 Å². The predicted molar refractivity (Wildman–Crippen MR) is 85.5 cm³/mol. The number of hydrogen-bond acceptors (Lipinski definition) is 3. The van der Waals surface area contributed by atoms with Crippen molar-refractivity contribution in [2.24, 2.45) is 16.0 Å². The van der Waals surface area contributed by atoms with Gasteiger partial charge in [-0.3, -0.25) is 4.99 Å². The summed E-state index contributed by atoms with van der Waals surface area (Å²) in [6.45, 7) is 5.65. The topological polar surface area (TPSA) is 96.6 Å². The minimum absolute atomic E-state index is 0.115. The Labute approximate surface area is 126 Å². The molecule has 118 valence electrons. The van der Waals surface area contributed by atoms with E-state index in [-0.39, 0.29) is 4.90 Å². The molecule has 0 saturated carbocycles. The summed E-state index contributed by atoms with van der Waals surface area (Å²) in [4.78, 5) is 4.24. The molecular formula is C14H24N4O2S. The molecule has 1 aromatic carbocycles. The summed E-state index contributed by atoms with van der Waals surface area (Å²) in [6.07, 6.45) is 1.06. The highest BCUT2D eigenvalue weighted by Gasteiger charge is 2.08. The van der Waals surface area contributed by atoms with Gasteiger partial charge in [0.05, 0.1) is 4.90 Å². The maximum atomic E-state index is 11.3. The lowest BCUT2D eigenvalue weighted by Crippen LogP contribution is -2.37. The average molecular weight is 312 g/mol. The van der Waals surface area contributed by atoms with Gasteiger partial charge in [0.1, 0.15) is 0 Å². The van der Waals surface area contributed by atoms with E-state index in [1.54, 1.807) is 19.2 Å². The van der Waals surface area contributed by atoms with Gasteiger partial charge < -0.3 is 10.6 Å². The molecule has 0 spiro atoms. The van der Waals surface area contributed by atoms with Gasteiger partial charge in [0.2, 0.25) is 10.0 Å². The van der Waals surface area contributed by atoms with Crippen LogP contribution in [0.25, 0.3) is 0 Å². The molecule has 0 atom stereocenters. The first kappa shape index (κ1) is 17.5. The second-order valence-electron chi connectivity index (χ2n) is 5.23. The van der Waals surface area contributed by atoms with E-state index in [0.29, 0.717) is 18.4 Å². The molecule has 6 nitrogen and oxygen atoms in total. The Kier molecular flexibility index (Phi) is 6.64.